The Hall–Kier alpha value is -1.76. The van der Waals surface area contributed by atoms with E-state index in [1.165, 1.54) is 5.56 Å². The molecule has 18 heavy (non-hydrogen) atoms. The van der Waals surface area contributed by atoms with Gasteiger partial charge in [-0.15, -0.1) is 11.8 Å². The maximum Gasteiger partial charge on any atom is 0.0963 e. The van der Waals surface area contributed by atoms with Crippen LogP contribution in [0, 0.1) is 11.8 Å². The van der Waals surface area contributed by atoms with Crippen molar-refractivity contribution in [3.05, 3.63) is 59.8 Å². The van der Waals surface area contributed by atoms with Crippen molar-refractivity contribution in [3.8, 4) is 11.8 Å². The molecule has 2 rings (SSSR count). The highest BCUT2D eigenvalue weighted by atomic mass is 32.2. The lowest BCUT2D eigenvalue weighted by atomic mass is 10.1. The summed E-state index contributed by atoms with van der Waals surface area (Å²) in [5.74, 6) is 6.86. The summed E-state index contributed by atoms with van der Waals surface area (Å²) >= 11 is 1.71. The van der Waals surface area contributed by atoms with Gasteiger partial charge in [0.1, 0.15) is 0 Å². The van der Waals surface area contributed by atoms with E-state index in [-0.39, 0.29) is 0 Å². The van der Waals surface area contributed by atoms with Crippen LogP contribution in [0.15, 0.2) is 53.7 Å². The number of aromatic nitrogens is 1. The van der Waals surface area contributed by atoms with E-state index in [2.05, 4.69) is 22.9 Å². The van der Waals surface area contributed by atoms with Crippen LogP contribution < -0.4 is 5.73 Å². The van der Waals surface area contributed by atoms with Crippen LogP contribution in [0.4, 0.5) is 0 Å². The van der Waals surface area contributed by atoms with Crippen LogP contribution in [-0.2, 0) is 5.75 Å². The third-order valence-electron chi connectivity index (χ3n) is 2.36. The zero-order valence-corrected chi connectivity index (χ0v) is 10.8. The van der Waals surface area contributed by atoms with E-state index in [1.807, 2.05) is 42.6 Å². The van der Waals surface area contributed by atoms with Gasteiger partial charge in [-0.25, -0.2) is 4.98 Å². The SMILES string of the molecule is NCC#Cc1ccccc1CSc1ccccn1. The largest absolute Gasteiger partial charge is 0.320 e. The first-order chi connectivity index (χ1) is 8.90. The molecule has 3 heteroatoms. The standard InChI is InChI=1S/C15H14N2S/c16-10-5-8-13-6-1-2-7-14(13)12-18-15-9-3-4-11-17-15/h1-4,6-7,9,11H,10,12,16H2. The first-order valence-corrected chi connectivity index (χ1v) is 6.69. The molecule has 90 valence electrons. The average Bonchev–Trinajstić information content (AvgIpc) is 2.45. The van der Waals surface area contributed by atoms with Crippen molar-refractivity contribution >= 4 is 11.8 Å². The van der Waals surface area contributed by atoms with Crippen molar-refractivity contribution in [1.82, 2.24) is 4.98 Å². The van der Waals surface area contributed by atoms with Gasteiger partial charge in [0.05, 0.1) is 11.6 Å². The molecule has 1 aromatic heterocycles. The van der Waals surface area contributed by atoms with Gasteiger partial charge >= 0.3 is 0 Å². The molecule has 0 spiro atoms. The highest BCUT2D eigenvalue weighted by molar-refractivity contribution is 7.98. The normalized spacial score (nSPS) is 9.61. The van der Waals surface area contributed by atoms with Gasteiger partial charge in [0.2, 0.25) is 0 Å². The maximum atomic E-state index is 5.40. The Morgan fingerprint density at radius 3 is 2.72 bits per heavy atom. The Bertz CT molecular complexity index is 555. The van der Waals surface area contributed by atoms with Gasteiger partial charge in [0.15, 0.2) is 0 Å². The van der Waals surface area contributed by atoms with Gasteiger partial charge in [0.25, 0.3) is 0 Å². The van der Waals surface area contributed by atoms with Crippen molar-refractivity contribution in [2.75, 3.05) is 6.54 Å². The minimum Gasteiger partial charge on any atom is -0.320 e. The van der Waals surface area contributed by atoms with Crippen molar-refractivity contribution in [2.24, 2.45) is 5.73 Å². The molecule has 0 aliphatic carbocycles. The molecule has 1 heterocycles. The van der Waals surface area contributed by atoms with Crippen LogP contribution >= 0.6 is 11.8 Å². The van der Waals surface area contributed by atoms with Gasteiger partial charge < -0.3 is 5.73 Å². The molecule has 0 aliphatic heterocycles. The van der Waals surface area contributed by atoms with Crippen molar-refractivity contribution < 1.29 is 0 Å². The molecule has 0 amide bonds. The van der Waals surface area contributed by atoms with Gasteiger partial charge in [-0.05, 0) is 23.8 Å². The minimum absolute atomic E-state index is 0.391. The van der Waals surface area contributed by atoms with Crippen LogP contribution in [0.25, 0.3) is 0 Å². The molecule has 0 saturated carbocycles. The number of nitrogens with two attached hydrogens (primary N) is 1. The summed E-state index contributed by atoms with van der Waals surface area (Å²) in [7, 11) is 0. The fraction of sp³-hybridized carbons (Fsp3) is 0.133. The average molecular weight is 254 g/mol. The monoisotopic (exact) mass is 254 g/mol. The van der Waals surface area contributed by atoms with Gasteiger partial charge in [-0.1, -0.05) is 36.1 Å². The molecule has 2 aromatic rings. The number of pyridine rings is 1. The second-order valence-electron chi connectivity index (χ2n) is 3.62. The Morgan fingerprint density at radius 1 is 1.11 bits per heavy atom. The van der Waals surface area contributed by atoms with E-state index in [9.17, 15) is 0 Å². The Morgan fingerprint density at radius 2 is 1.94 bits per heavy atom. The van der Waals surface area contributed by atoms with Crippen LogP contribution in [-0.4, -0.2) is 11.5 Å². The predicted octanol–water partition coefficient (Wildman–Crippen LogP) is 2.68. The van der Waals surface area contributed by atoms with E-state index in [0.717, 1.165) is 16.3 Å². The summed E-state index contributed by atoms with van der Waals surface area (Å²) < 4.78 is 0. The number of hydrogen-bond donors (Lipinski definition) is 1. The molecule has 2 N–H and O–H groups in total. The van der Waals surface area contributed by atoms with Crippen molar-refractivity contribution in [2.45, 2.75) is 10.8 Å². The van der Waals surface area contributed by atoms with E-state index in [1.54, 1.807) is 11.8 Å². The summed E-state index contributed by atoms with van der Waals surface area (Å²) in [6, 6.07) is 14.1. The fourth-order valence-corrected chi connectivity index (χ4v) is 2.36. The Labute approximate surface area is 112 Å². The highest BCUT2D eigenvalue weighted by Crippen LogP contribution is 2.22. The lowest BCUT2D eigenvalue weighted by molar-refractivity contribution is 1.13. The molecule has 0 aliphatic rings. The molecular weight excluding hydrogens is 240 g/mol. The highest BCUT2D eigenvalue weighted by Gasteiger charge is 2.00. The van der Waals surface area contributed by atoms with E-state index in [4.69, 9.17) is 5.73 Å². The van der Waals surface area contributed by atoms with E-state index >= 15 is 0 Å². The van der Waals surface area contributed by atoms with Gasteiger partial charge in [-0.2, -0.15) is 0 Å². The van der Waals surface area contributed by atoms with Crippen LogP contribution in [0.1, 0.15) is 11.1 Å². The number of benzene rings is 1. The van der Waals surface area contributed by atoms with Crippen molar-refractivity contribution in [3.63, 3.8) is 0 Å². The summed E-state index contributed by atoms with van der Waals surface area (Å²) in [5.41, 5.74) is 7.67. The number of thioether (sulfide) groups is 1. The number of rotatable bonds is 3. The summed E-state index contributed by atoms with van der Waals surface area (Å²) in [6.07, 6.45) is 1.81. The zero-order chi connectivity index (χ0) is 12.6. The number of hydrogen-bond acceptors (Lipinski definition) is 3. The molecule has 0 fully saturated rings. The fourth-order valence-electron chi connectivity index (χ4n) is 1.50. The van der Waals surface area contributed by atoms with Crippen LogP contribution in [0.3, 0.4) is 0 Å². The van der Waals surface area contributed by atoms with E-state index in [0.29, 0.717) is 6.54 Å². The molecule has 0 unspecified atom stereocenters. The third kappa shape index (κ3) is 3.63. The van der Waals surface area contributed by atoms with Gasteiger partial charge in [-0.3, -0.25) is 0 Å². The summed E-state index contributed by atoms with van der Waals surface area (Å²) in [6.45, 7) is 0.391. The molecule has 0 saturated heterocycles. The molecule has 1 aromatic carbocycles. The summed E-state index contributed by atoms with van der Waals surface area (Å²) in [4.78, 5) is 4.29. The first kappa shape index (κ1) is 12.7. The lowest BCUT2D eigenvalue weighted by Crippen LogP contribution is -1.94. The van der Waals surface area contributed by atoms with Crippen LogP contribution in [0.5, 0.6) is 0 Å². The Balaban J connectivity index is 2.09. The molecule has 0 atom stereocenters. The van der Waals surface area contributed by atoms with Gasteiger partial charge in [0, 0.05) is 17.5 Å². The zero-order valence-electron chi connectivity index (χ0n) is 9.97. The third-order valence-corrected chi connectivity index (χ3v) is 3.35. The first-order valence-electron chi connectivity index (χ1n) is 5.71. The molecule has 0 radical (unpaired) electrons. The van der Waals surface area contributed by atoms with Crippen molar-refractivity contribution in [1.29, 1.82) is 0 Å². The van der Waals surface area contributed by atoms with Crippen LogP contribution in [0.2, 0.25) is 0 Å². The lowest BCUT2D eigenvalue weighted by Gasteiger charge is -2.03. The summed E-state index contributed by atoms with van der Waals surface area (Å²) in [5, 5.41) is 1.03. The maximum absolute atomic E-state index is 5.40. The second-order valence-corrected chi connectivity index (χ2v) is 4.62. The number of nitrogens with zero attached hydrogens (tertiary/aromatic N) is 1. The topological polar surface area (TPSA) is 38.9 Å². The quantitative estimate of drug-likeness (QED) is 0.676. The molecule has 0 bridgehead atoms. The molecular formula is C15H14N2S. The second kappa shape index (κ2) is 6.85. The smallest absolute Gasteiger partial charge is 0.0963 e. The minimum atomic E-state index is 0.391. The molecule has 2 nitrogen and oxygen atoms in total. The Kier molecular flexibility index (Phi) is 4.83. The van der Waals surface area contributed by atoms with E-state index < -0.39 is 0 Å². The predicted molar refractivity (Wildman–Crippen MR) is 76.2 cm³/mol.